The number of halogens is 2. The fourth-order valence-corrected chi connectivity index (χ4v) is 4.04. The van der Waals surface area contributed by atoms with Crippen LogP contribution < -0.4 is 10.1 Å². The molecular weight excluding hydrogens is 559 g/mol. The molecule has 1 N–H and O–H groups in total. The van der Waals surface area contributed by atoms with Crippen LogP contribution in [0.4, 0.5) is 10.5 Å². The van der Waals surface area contributed by atoms with Crippen molar-refractivity contribution in [2.75, 3.05) is 19.0 Å². The van der Waals surface area contributed by atoms with Crippen molar-refractivity contribution in [3.63, 3.8) is 0 Å². The van der Waals surface area contributed by atoms with Gasteiger partial charge in [-0.15, -0.1) is 0 Å². The molecule has 0 bridgehead atoms. The van der Waals surface area contributed by atoms with Gasteiger partial charge in [-0.25, -0.2) is 0 Å². The van der Waals surface area contributed by atoms with Crippen molar-refractivity contribution in [2.24, 2.45) is 0 Å². The molecule has 0 atom stereocenters. The summed E-state index contributed by atoms with van der Waals surface area (Å²) < 4.78 is 7.14. The number of methoxy groups -OCH3 is 1. The van der Waals surface area contributed by atoms with Gasteiger partial charge in [0, 0.05) is 19.3 Å². The van der Waals surface area contributed by atoms with Crippen molar-refractivity contribution in [1.29, 1.82) is 0 Å². The van der Waals surface area contributed by atoms with Crippen LogP contribution >= 0.6 is 50.3 Å². The molecule has 1 heterocycles. The van der Waals surface area contributed by atoms with Crippen molar-refractivity contribution in [1.82, 2.24) is 4.90 Å². The Morgan fingerprint density at radius 1 is 1.25 bits per heavy atom. The molecule has 2 aromatic carbocycles. The van der Waals surface area contributed by atoms with Gasteiger partial charge in [0.25, 0.3) is 11.1 Å². The van der Waals surface area contributed by atoms with E-state index in [0.717, 1.165) is 24.7 Å². The van der Waals surface area contributed by atoms with Crippen molar-refractivity contribution < 1.29 is 19.1 Å². The van der Waals surface area contributed by atoms with Gasteiger partial charge in [-0.05, 0) is 82.9 Å². The Bertz CT molecular complexity index is 978. The smallest absolute Gasteiger partial charge is 0.294 e. The largest absolute Gasteiger partial charge is 0.496 e. The molecule has 0 saturated carbocycles. The van der Waals surface area contributed by atoms with Crippen LogP contribution in [-0.4, -0.2) is 35.6 Å². The molecule has 3 rings (SSSR count). The van der Waals surface area contributed by atoms with E-state index in [1.807, 2.05) is 18.2 Å². The number of amides is 3. The normalized spacial score (nSPS) is 15.2. The van der Waals surface area contributed by atoms with Crippen LogP contribution in [0.15, 0.2) is 51.8 Å². The molecule has 0 aromatic heterocycles. The third-order valence-electron chi connectivity index (χ3n) is 3.78. The average molecular weight is 573 g/mol. The van der Waals surface area contributed by atoms with E-state index in [4.69, 9.17) is 4.74 Å². The van der Waals surface area contributed by atoms with Gasteiger partial charge in [0.15, 0.2) is 0 Å². The molecule has 28 heavy (non-hydrogen) atoms. The number of nitrogens with zero attached hydrogens (tertiary/aromatic N) is 1. The maximum absolute atomic E-state index is 12.6. The monoisotopic (exact) mass is 572 g/mol. The maximum Gasteiger partial charge on any atom is 0.294 e. The predicted octanol–water partition coefficient (Wildman–Crippen LogP) is 4.74. The molecule has 0 aliphatic carbocycles. The number of rotatable bonds is 5. The van der Waals surface area contributed by atoms with E-state index in [0.29, 0.717) is 17.0 Å². The number of thioether (sulfide) groups is 1. The van der Waals surface area contributed by atoms with E-state index in [-0.39, 0.29) is 11.4 Å². The highest BCUT2D eigenvalue weighted by atomic mass is 127. The first-order valence-electron chi connectivity index (χ1n) is 8.01. The van der Waals surface area contributed by atoms with Gasteiger partial charge in [-0.1, -0.05) is 15.9 Å². The van der Waals surface area contributed by atoms with E-state index >= 15 is 0 Å². The predicted molar refractivity (Wildman–Crippen MR) is 121 cm³/mol. The number of benzene rings is 2. The molecule has 1 fully saturated rings. The number of hydrogen-bond donors (Lipinski definition) is 1. The van der Waals surface area contributed by atoms with Crippen LogP contribution in [0.3, 0.4) is 0 Å². The Labute approximate surface area is 188 Å². The van der Waals surface area contributed by atoms with Gasteiger partial charge in [0.2, 0.25) is 5.91 Å². The summed E-state index contributed by atoms with van der Waals surface area (Å²) in [7, 11) is 1.53. The lowest BCUT2D eigenvalue weighted by Crippen LogP contribution is -2.36. The Morgan fingerprint density at radius 3 is 2.64 bits per heavy atom. The summed E-state index contributed by atoms with van der Waals surface area (Å²) in [5.74, 6) is -0.369. The second kappa shape index (κ2) is 9.10. The summed E-state index contributed by atoms with van der Waals surface area (Å²) >= 11 is 6.34. The van der Waals surface area contributed by atoms with Gasteiger partial charge in [0.05, 0.1) is 12.0 Å². The molecule has 3 amide bonds. The van der Waals surface area contributed by atoms with Crippen LogP contribution in [-0.2, 0) is 9.59 Å². The third-order valence-corrected chi connectivity index (χ3v) is 5.90. The van der Waals surface area contributed by atoms with Gasteiger partial charge >= 0.3 is 0 Å². The summed E-state index contributed by atoms with van der Waals surface area (Å²) in [6.45, 7) is -0.344. The fraction of sp³-hybridized carbons (Fsp3) is 0.105. The zero-order valence-corrected chi connectivity index (χ0v) is 19.1. The second-order valence-electron chi connectivity index (χ2n) is 5.71. The maximum atomic E-state index is 12.6. The Hall–Kier alpha value is -1.85. The SMILES string of the molecule is COc1ccc(Br)cc1/C=C1/SC(=O)N(CC(=O)Nc2ccc(I)cc2)C1=O. The summed E-state index contributed by atoms with van der Waals surface area (Å²) in [5, 5.41) is 2.20. The van der Waals surface area contributed by atoms with Gasteiger partial charge in [0.1, 0.15) is 12.3 Å². The molecule has 1 saturated heterocycles. The van der Waals surface area contributed by atoms with Crippen LogP contribution in [0.1, 0.15) is 5.56 Å². The third kappa shape index (κ3) is 4.95. The van der Waals surface area contributed by atoms with E-state index in [1.54, 1.807) is 30.3 Å². The summed E-state index contributed by atoms with van der Waals surface area (Å²) in [6.07, 6.45) is 1.59. The topological polar surface area (TPSA) is 75.7 Å². The highest BCUT2D eigenvalue weighted by Crippen LogP contribution is 2.34. The zero-order valence-electron chi connectivity index (χ0n) is 14.6. The van der Waals surface area contributed by atoms with Crippen molar-refractivity contribution in [3.8, 4) is 5.75 Å². The molecule has 6 nitrogen and oxygen atoms in total. The summed E-state index contributed by atoms with van der Waals surface area (Å²) in [5.41, 5.74) is 1.26. The number of nitrogens with one attached hydrogen (secondary N) is 1. The zero-order chi connectivity index (χ0) is 20.3. The number of carbonyl (C=O) groups is 3. The molecule has 9 heteroatoms. The first kappa shape index (κ1) is 20.9. The molecule has 0 spiro atoms. The van der Waals surface area contributed by atoms with Gasteiger partial charge in [-0.2, -0.15) is 0 Å². The number of ether oxygens (including phenoxy) is 1. The molecule has 2 aromatic rings. The van der Waals surface area contributed by atoms with E-state index in [9.17, 15) is 14.4 Å². The fourth-order valence-electron chi connectivity index (χ4n) is 2.47. The quantitative estimate of drug-likeness (QED) is 0.414. The van der Waals surface area contributed by atoms with Gasteiger partial charge < -0.3 is 10.1 Å². The van der Waals surface area contributed by atoms with Crippen LogP contribution in [0, 0.1) is 3.57 Å². The van der Waals surface area contributed by atoms with Crippen molar-refractivity contribution in [3.05, 3.63) is 61.0 Å². The van der Waals surface area contributed by atoms with Crippen LogP contribution in [0.2, 0.25) is 0 Å². The van der Waals surface area contributed by atoms with E-state index in [1.165, 1.54) is 7.11 Å². The lowest BCUT2D eigenvalue weighted by Gasteiger charge is -2.12. The second-order valence-corrected chi connectivity index (χ2v) is 8.86. The minimum absolute atomic E-state index is 0.239. The Kier molecular flexibility index (Phi) is 6.78. The number of carbonyl (C=O) groups excluding carboxylic acids is 3. The average Bonchev–Trinajstić information content (AvgIpc) is 2.91. The molecule has 0 radical (unpaired) electrons. The number of imide groups is 1. The van der Waals surface area contributed by atoms with Crippen LogP contribution in [0.25, 0.3) is 6.08 Å². The summed E-state index contributed by atoms with van der Waals surface area (Å²) in [6, 6.07) is 12.6. The highest BCUT2D eigenvalue weighted by Gasteiger charge is 2.36. The minimum Gasteiger partial charge on any atom is -0.496 e. The first-order chi connectivity index (χ1) is 13.4. The van der Waals surface area contributed by atoms with Crippen molar-refractivity contribution >= 4 is 79.1 Å². The first-order valence-corrected chi connectivity index (χ1v) is 10.7. The molecule has 144 valence electrons. The lowest BCUT2D eigenvalue weighted by molar-refractivity contribution is -0.127. The van der Waals surface area contributed by atoms with Crippen molar-refractivity contribution in [2.45, 2.75) is 0 Å². The van der Waals surface area contributed by atoms with E-state index < -0.39 is 17.1 Å². The summed E-state index contributed by atoms with van der Waals surface area (Å²) in [4.78, 5) is 38.3. The standard InChI is InChI=1S/C19H14BrIN2O4S/c1-27-15-7-2-12(20)8-11(15)9-16-18(25)23(19(26)28-16)10-17(24)22-14-5-3-13(21)4-6-14/h2-9H,10H2,1H3,(H,22,24)/b16-9+. The van der Waals surface area contributed by atoms with Crippen LogP contribution in [0.5, 0.6) is 5.75 Å². The number of hydrogen-bond acceptors (Lipinski definition) is 5. The molecular formula is C19H14BrIN2O4S. The highest BCUT2D eigenvalue weighted by molar-refractivity contribution is 14.1. The Balaban J connectivity index is 1.74. The number of anilines is 1. The minimum atomic E-state index is -0.505. The molecule has 0 unspecified atom stereocenters. The lowest BCUT2D eigenvalue weighted by atomic mass is 10.2. The molecule has 1 aliphatic rings. The Morgan fingerprint density at radius 2 is 1.96 bits per heavy atom. The molecule has 1 aliphatic heterocycles. The van der Waals surface area contributed by atoms with Gasteiger partial charge in [-0.3, -0.25) is 19.3 Å². The van der Waals surface area contributed by atoms with E-state index in [2.05, 4.69) is 43.8 Å².